The van der Waals surface area contributed by atoms with Gasteiger partial charge in [-0.15, -0.1) is 0 Å². The Kier molecular flexibility index (Phi) is 3.13. The molecule has 1 aromatic carbocycles. The number of benzene rings is 1. The van der Waals surface area contributed by atoms with Crippen molar-refractivity contribution in [3.63, 3.8) is 0 Å². The predicted molar refractivity (Wildman–Crippen MR) is 64.3 cm³/mol. The molecule has 0 unspecified atom stereocenters. The molecule has 0 saturated carbocycles. The zero-order valence-corrected chi connectivity index (χ0v) is 9.52. The lowest BCUT2D eigenvalue weighted by molar-refractivity contribution is -0.129. The average Bonchev–Trinajstić information content (AvgIpc) is 2.30. The van der Waals surface area contributed by atoms with E-state index in [0.717, 1.165) is 31.7 Å². The zero-order chi connectivity index (χ0) is 11.5. The molecule has 1 aromatic rings. The third kappa shape index (κ3) is 2.35. The fraction of sp³-hybridized carbons (Fsp3) is 0.385. The van der Waals surface area contributed by atoms with E-state index in [1.807, 2.05) is 29.2 Å². The predicted octanol–water partition coefficient (Wildman–Crippen LogP) is 1.41. The molecule has 0 atom stereocenters. The topological polar surface area (TPSA) is 23.6 Å². The number of anilines is 1. The Morgan fingerprint density at radius 2 is 1.69 bits per heavy atom. The first-order valence-electron chi connectivity index (χ1n) is 5.53. The van der Waals surface area contributed by atoms with Crippen LogP contribution in [0.4, 0.5) is 5.69 Å². The Labute approximate surface area is 96.7 Å². The number of rotatable bonds is 1. The maximum Gasteiger partial charge on any atom is 0.219 e. The van der Waals surface area contributed by atoms with Crippen LogP contribution in [0.15, 0.2) is 24.3 Å². The highest BCUT2D eigenvalue weighted by Gasteiger charge is 2.18. The van der Waals surface area contributed by atoms with Gasteiger partial charge in [0.25, 0.3) is 0 Å². The molecule has 1 aliphatic rings. The number of hydrogen-bond donors (Lipinski definition) is 0. The minimum Gasteiger partial charge on any atom is -0.368 e. The highest BCUT2D eigenvalue weighted by molar-refractivity contribution is 5.73. The van der Waals surface area contributed by atoms with Crippen molar-refractivity contribution in [1.82, 2.24) is 4.90 Å². The average molecular weight is 216 g/mol. The van der Waals surface area contributed by atoms with E-state index in [1.54, 1.807) is 6.92 Å². The van der Waals surface area contributed by atoms with Crippen molar-refractivity contribution in [2.45, 2.75) is 6.92 Å². The molecule has 84 valence electrons. The van der Waals surface area contributed by atoms with Crippen LogP contribution in [0.3, 0.4) is 0 Å². The Hall–Kier alpha value is -1.51. The number of carbonyl (C=O) groups excluding carboxylic acids is 1. The summed E-state index contributed by atoms with van der Waals surface area (Å²) in [5, 5.41) is 0. The zero-order valence-electron chi connectivity index (χ0n) is 9.52. The molecule has 1 aliphatic heterocycles. The first-order valence-corrected chi connectivity index (χ1v) is 5.53. The van der Waals surface area contributed by atoms with Crippen molar-refractivity contribution < 1.29 is 4.79 Å². The van der Waals surface area contributed by atoms with Crippen molar-refractivity contribution in [2.75, 3.05) is 31.1 Å². The number of nitrogens with zero attached hydrogens (tertiary/aromatic N) is 2. The van der Waals surface area contributed by atoms with Gasteiger partial charge in [-0.3, -0.25) is 4.79 Å². The second kappa shape index (κ2) is 4.56. The second-order valence-corrected chi connectivity index (χ2v) is 4.08. The van der Waals surface area contributed by atoms with Crippen molar-refractivity contribution in [3.8, 4) is 0 Å². The summed E-state index contributed by atoms with van der Waals surface area (Å²) in [6, 6.07) is 7.87. The molecule has 0 spiro atoms. The number of carbonyl (C=O) groups is 1. The maximum atomic E-state index is 11.2. The van der Waals surface area contributed by atoms with Crippen molar-refractivity contribution >= 4 is 11.6 Å². The molecule has 16 heavy (non-hydrogen) atoms. The summed E-state index contributed by atoms with van der Waals surface area (Å²) in [7, 11) is 0. The monoisotopic (exact) mass is 216 g/mol. The summed E-state index contributed by atoms with van der Waals surface area (Å²) in [5.74, 6) is 0.164. The van der Waals surface area contributed by atoms with Crippen LogP contribution in [0.25, 0.3) is 0 Å². The minimum absolute atomic E-state index is 0.164. The number of hydrogen-bond acceptors (Lipinski definition) is 2. The van der Waals surface area contributed by atoms with Gasteiger partial charge in [0.15, 0.2) is 0 Å². The fourth-order valence-electron chi connectivity index (χ4n) is 1.96. The quantitative estimate of drug-likeness (QED) is 0.708. The normalized spacial score (nSPS) is 16.4. The molecule has 1 saturated heterocycles. The molecule has 2 radical (unpaired) electrons. The standard InChI is InChI=1S/C13H16N2O/c1-11-3-5-13(6-4-11)15-9-7-14(8-10-15)12(2)16/h1,3-6H,7-10H2,2H3. The Morgan fingerprint density at radius 1 is 1.12 bits per heavy atom. The van der Waals surface area contributed by atoms with Gasteiger partial charge in [0, 0.05) is 38.8 Å². The van der Waals surface area contributed by atoms with Gasteiger partial charge in [-0.2, -0.15) is 0 Å². The van der Waals surface area contributed by atoms with Gasteiger partial charge < -0.3 is 9.80 Å². The van der Waals surface area contributed by atoms with E-state index in [0.29, 0.717) is 0 Å². The largest absolute Gasteiger partial charge is 0.368 e. The lowest BCUT2D eigenvalue weighted by Gasteiger charge is -2.35. The molecule has 1 heterocycles. The summed E-state index contributed by atoms with van der Waals surface area (Å²) in [6.45, 7) is 10.7. The molecule has 3 nitrogen and oxygen atoms in total. The SMILES string of the molecule is [CH]c1ccc(N2CCN(C(C)=O)CC2)cc1. The summed E-state index contributed by atoms with van der Waals surface area (Å²) in [4.78, 5) is 15.3. The highest BCUT2D eigenvalue weighted by atomic mass is 16.2. The molecule has 3 heteroatoms. The molecular formula is C13H16N2O. The third-order valence-corrected chi connectivity index (χ3v) is 2.98. The van der Waals surface area contributed by atoms with E-state index in [4.69, 9.17) is 6.92 Å². The van der Waals surface area contributed by atoms with Crippen molar-refractivity contribution in [1.29, 1.82) is 0 Å². The van der Waals surface area contributed by atoms with E-state index in [-0.39, 0.29) is 5.91 Å². The van der Waals surface area contributed by atoms with Crippen LogP contribution in [0.2, 0.25) is 0 Å². The summed E-state index contributed by atoms with van der Waals surface area (Å²) in [6.07, 6.45) is 0. The lowest BCUT2D eigenvalue weighted by Crippen LogP contribution is -2.48. The maximum absolute atomic E-state index is 11.2. The molecule has 0 aliphatic carbocycles. The van der Waals surface area contributed by atoms with E-state index in [2.05, 4.69) is 4.90 Å². The molecule has 0 aromatic heterocycles. The molecule has 0 N–H and O–H groups in total. The van der Waals surface area contributed by atoms with Gasteiger partial charge in [0.2, 0.25) is 5.91 Å². The molecule has 2 rings (SSSR count). The van der Waals surface area contributed by atoms with Crippen LogP contribution >= 0.6 is 0 Å². The number of amides is 1. The highest BCUT2D eigenvalue weighted by Crippen LogP contribution is 2.16. The summed E-state index contributed by atoms with van der Waals surface area (Å²) in [5.41, 5.74) is 1.96. The number of piperazine rings is 1. The van der Waals surface area contributed by atoms with Crippen LogP contribution in [-0.4, -0.2) is 37.0 Å². The molecule has 1 fully saturated rings. The van der Waals surface area contributed by atoms with E-state index in [9.17, 15) is 4.79 Å². The van der Waals surface area contributed by atoms with Gasteiger partial charge in [0.1, 0.15) is 0 Å². The van der Waals surface area contributed by atoms with E-state index < -0.39 is 0 Å². The van der Waals surface area contributed by atoms with Gasteiger partial charge >= 0.3 is 0 Å². The van der Waals surface area contributed by atoms with Gasteiger partial charge in [-0.05, 0) is 24.6 Å². The minimum atomic E-state index is 0.164. The third-order valence-electron chi connectivity index (χ3n) is 2.98. The first kappa shape index (κ1) is 11.0. The molecule has 1 amide bonds. The van der Waals surface area contributed by atoms with Crippen LogP contribution in [0.1, 0.15) is 12.5 Å². The molecular weight excluding hydrogens is 200 g/mol. The van der Waals surface area contributed by atoms with Crippen molar-refractivity contribution in [2.24, 2.45) is 0 Å². The van der Waals surface area contributed by atoms with Crippen LogP contribution in [0, 0.1) is 6.92 Å². The lowest BCUT2D eigenvalue weighted by atomic mass is 10.2. The van der Waals surface area contributed by atoms with Crippen molar-refractivity contribution in [3.05, 3.63) is 36.8 Å². The van der Waals surface area contributed by atoms with E-state index in [1.165, 1.54) is 5.69 Å². The Balaban J connectivity index is 1.99. The van der Waals surface area contributed by atoms with Gasteiger partial charge in [-0.1, -0.05) is 12.1 Å². The van der Waals surface area contributed by atoms with E-state index >= 15 is 0 Å². The van der Waals surface area contributed by atoms with Crippen LogP contribution in [0.5, 0.6) is 0 Å². The fourth-order valence-corrected chi connectivity index (χ4v) is 1.96. The smallest absolute Gasteiger partial charge is 0.219 e. The van der Waals surface area contributed by atoms with Gasteiger partial charge in [0.05, 0.1) is 0 Å². The van der Waals surface area contributed by atoms with Crippen LogP contribution in [-0.2, 0) is 4.79 Å². The Morgan fingerprint density at radius 3 is 2.19 bits per heavy atom. The van der Waals surface area contributed by atoms with Crippen LogP contribution < -0.4 is 4.90 Å². The Bertz CT molecular complexity index is 364. The molecule has 0 bridgehead atoms. The second-order valence-electron chi connectivity index (χ2n) is 4.08. The first-order chi connectivity index (χ1) is 7.66. The van der Waals surface area contributed by atoms with Gasteiger partial charge in [-0.25, -0.2) is 0 Å². The summed E-state index contributed by atoms with van der Waals surface area (Å²) < 4.78 is 0. The summed E-state index contributed by atoms with van der Waals surface area (Å²) >= 11 is 0.